The van der Waals surface area contributed by atoms with Gasteiger partial charge in [-0.05, 0) is 42.2 Å². The zero-order chi connectivity index (χ0) is 17.2. The number of hydrogen-bond donors (Lipinski definition) is 2. The fourth-order valence-electron chi connectivity index (χ4n) is 3.12. The zero-order valence-electron chi connectivity index (χ0n) is 14.1. The van der Waals surface area contributed by atoms with E-state index in [1.54, 1.807) is 17.8 Å². The summed E-state index contributed by atoms with van der Waals surface area (Å²) in [4.78, 5) is 4.54. The Kier molecular flexibility index (Phi) is 4.23. The minimum absolute atomic E-state index is 0.147. The summed E-state index contributed by atoms with van der Waals surface area (Å²) in [6.45, 7) is 2.49. The fraction of sp³-hybridized carbons (Fsp3) is 0.389. The molecule has 1 aromatic heterocycles. The average molecular weight is 339 g/mol. The molecule has 1 fully saturated rings. The summed E-state index contributed by atoms with van der Waals surface area (Å²) in [5, 5.41) is 23.5. The first-order valence-corrected chi connectivity index (χ1v) is 8.51. The molecular weight excluding hydrogens is 318 g/mol. The van der Waals surface area contributed by atoms with Gasteiger partial charge in [0.1, 0.15) is 5.69 Å². The minimum Gasteiger partial charge on any atom is -0.493 e. The van der Waals surface area contributed by atoms with Gasteiger partial charge in [0, 0.05) is 32.4 Å². The Labute approximate surface area is 145 Å². The van der Waals surface area contributed by atoms with Gasteiger partial charge in [0.15, 0.2) is 0 Å². The van der Waals surface area contributed by atoms with Gasteiger partial charge in [-0.2, -0.15) is 10.2 Å². The third kappa shape index (κ3) is 3.28. The molecule has 25 heavy (non-hydrogen) atoms. The van der Waals surface area contributed by atoms with Crippen molar-refractivity contribution >= 4 is 18.2 Å². The van der Waals surface area contributed by atoms with Gasteiger partial charge in [-0.25, -0.2) is 4.98 Å². The van der Waals surface area contributed by atoms with Crippen molar-refractivity contribution in [3.8, 4) is 5.88 Å². The first-order valence-electron chi connectivity index (χ1n) is 8.51. The summed E-state index contributed by atoms with van der Waals surface area (Å²) in [5.74, 6) is 1.40. The van der Waals surface area contributed by atoms with Gasteiger partial charge in [-0.3, -0.25) is 4.57 Å². The van der Waals surface area contributed by atoms with E-state index < -0.39 is 0 Å². The lowest BCUT2D eigenvalue weighted by Gasteiger charge is -2.22. The lowest BCUT2D eigenvalue weighted by Crippen LogP contribution is -2.23. The topological polar surface area (TPSA) is 84.0 Å². The molecule has 7 nitrogen and oxygen atoms in total. The summed E-state index contributed by atoms with van der Waals surface area (Å²) >= 11 is 0. The van der Waals surface area contributed by atoms with Crippen LogP contribution in [0.25, 0.3) is 6.08 Å². The van der Waals surface area contributed by atoms with Crippen LogP contribution >= 0.6 is 0 Å². The van der Waals surface area contributed by atoms with Crippen molar-refractivity contribution in [3.05, 3.63) is 40.0 Å². The summed E-state index contributed by atoms with van der Waals surface area (Å²) in [6.07, 6.45) is 5.71. The second-order valence-electron chi connectivity index (χ2n) is 6.45. The number of benzene rings is 1. The van der Waals surface area contributed by atoms with E-state index in [2.05, 4.69) is 20.5 Å². The number of ether oxygens (including phenoxy) is 1. The second-order valence-corrected chi connectivity index (χ2v) is 6.45. The summed E-state index contributed by atoms with van der Waals surface area (Å²) < 4.78 is 7.06. The van der Waals surface area contributed by atoms with Crippen LogP contribution in [0, 0.1) is 5.92 Å². The quantitative estimate of drug-likeness (QED) is 0.861. The van der Waals surface area contributed by atoms with Gasteiger partial charge in [0.25, 0.3) is 0 Å². The fourth-order valence-corrected chi connectivity index (χ4v) is 3.12. The second kappa shape index (κ2) is 6.68. The third-order valence-electron chi connectivity index (χ3n) is 4.70. The molecule has 4 rings (SSSR count). The van der Waals surface area contributed by atoms with Crippen LogP contribution in [0.3, 0.4) is 0 Å². The number of anilines is 1. The van der Waals surface area contributed by atoms with Crippen LogP contribution in [-0.2, 0) is 11.8 Å². The van der Waals surface area contributed by atoms with Crippen LogP contribution in [0.15, 0.2) is 28.4 Å². The molecule has 0 aliphatic carbocycles. The Morgan fingerprint density at radius 2 is 2.20 bits per heavy atom. The predicted molar refractivity (Wildman–Crippen MR) is 95.3 cm³/mol. The molecule has 1 saturated heterocycles. The highest BCUT2D eigenvalue weighted by molar-refractivity contribution is 5.80. The Balaban J connectivity index is 1.55. The molecule has 3 heterocycles. The molecule has 2 aromatic rings. The molecule has 2 N–H and O–H groups in total. The maximum atomic E-state index is 10.4. The molecule has 1 aromatic carbocycles. The number of fused-ring (bicyclic) bond motifs is 1. The molecule has 0 atom stereocenters. The summed E-state index contributed by atoms with van der Waals surface area (Å²) in [6, 6.07) is 5.84. The van der Waals surface area contributed by atoms with Crippen molar-refractivity contribution in [1.82, 2.24) is 9.55 Å². The average Bonchev–Trinajstić information content (AvgIpc) is 3.21. The highest BCUT2D eigenvalue weighted by atomic mass is 16.5. The summed E-state index contributed by atoms with van der Waals surface area (Å²) in [5.41, 5.74) is 1.52. The lowest BCUT2D eigenvalue weighted by molar-refractivity contribution is 0.0699. The van der Waals surface area contributed by atoms with Gasteiger partial charge in [0.05, 0.1) is 11.6 Å². The molecule has 2 aliphatic heterocycles. The molecular formula is C18H21N5O2. The van der Waals surface area contributed by atoms with Crippen LogP contribution in [0.5, 0.6) is 5.88 Å². The van der Waals surface area contributed by atoms with Crippen molar-refractivity contribution in [2.24, 2.45) is 23.2 Å². The molecule has 0 radical (unpaired) electrons. The Hall–Kier alpha value is -2.67. The molecule has 130 valence electrons. The summed E-state index contributed by atoms with van der Waals surface area (Å²) in [7, 11) is 1.81. The molecule has 2 aliphatic rings. The number of imidazole rings is 1. The monoisotopic (exact) mass is 339 g/mol. The van der Waals surface area contributed by atoms with Crippen molar-refractivity contribution in [1.29, 1.82) is 0 Å². The number of rotatable bonds is 4. The van der Waals surface area contributed by atoms with E-state index in [0.717, 1.165) is 48.7 Å². The lowest BCUT2D eigenvalue weighted by atomic mass is 10.0. The zero-order valence-corrected chi connectivity index (χ0v) is 14.1. The predicted octanol–water partition coefficient (Wildman–Crippen LogP) is 0.760. The molecule has 0 unspecified atom stereocenters. The van der Waals surface area contributed by atoms with Gasteiger partial charge < -0.3 is 15.2 Å². The van der Waals surface area contributed by atoms with Gasteiger partial charge in [0.2, 0.25) is 11.8 Å². The van der Waals surface area contributed by atoms with E-state index >= 15 is 0 Å². The minimum atomic E-state index is 0.147. The number of nitrogens with zero attached hydrogens (tertiary/aromatic N) is 4. The Morgan fingerprint density at radius 3 is 3.04 bits per heavy atom. The first-order chi connectivity index (χ1) is 12.2. The molecule has 0 spiro atoms. The molecule has 0 bridgehead atoms. The van der Waals surface area contributed by atoms with Crippen LogP contribution in [0.4, 0.5) is 5.95 Å². The van der Waals surface area contributed by atoms with Crippen LogP contribution in [0.2, 0.25) is 0 Å². The third-order valence-corrected chi connectivity index (χ3v) is 4.70. The molecule has 7 heteroatoms. The number of aromatic nitrogens is 2. The number of nitrogens with one attached hydrogen (secondary N) is 1. The van der Waals surface area contributed by atoms with E-state index in [1.165, 1.54) is 0 Å². The van der Waals surface area contributed by atoms with E-state index in [-0.39, 0.29) is 5.88 Å². The molecule has 0 saturated carbocycles. The van der Waals surface area contributed by atoms with Crippen LogP contribution in [0.1, 0.15) is 24.1 Å². The first kappa shape index (κ1) is 15.8. The van der Waals surface area contributed by atoms with Crippen molar-refractivity contribution in [2.45, 2.75) is 12.8 Å². The maximum Gasteiger partial charge on any atom is 0.220 e. The Bertz CT molecular complexity index is 926. The normalized spacial score (nSPS) is 17.6. The van der Waals surface area contributed by atoms with Crippen molar-refractivity contribution in [2.75, 3.05) is 25.1 Å². The van der Waals surface area contributed by atoms with E-state index in [4.69, 9.17) is 4.74 Å². The van der Waals surface area contributed by atoms with Crippen LogP contribution < -0.4 is 15.9 Å². The van der Waals surface area contributed by atoms with E-state index in [1.807, 2.05) is 24.3 Å². The number of hydrogen-bond acceptors (Lipinski definition) is 6. The highest BCUT2D eigenvalue weighted by Crippen LogP contribution is 2.22. The van der Waals surface area contributed by atoms with Crippen molar-refractivity contribution < 1.29 is 9.84 Å². The standard InChI is InChI=1S/C18H21N5O2/c1-23-17(24)16(9-13-2-3-15-14(8-13)11-20-22-15)21-18(23)19-10-12-4-6-25-7-5-12/h2-3,8-9,11-12,24H,4-7,10H2,1H3,(H,19,21)/b13-9+. The maximum absolute atomic E-state index is 10.4. The largest absolute Gasteiger partial charge is 0.493 e. The van der Waals surface area contributed by atoms with Gasteiger partial charge >= 0.3 is 0 Å². The smallest absolute Gasteiger partial charge is 0.220 e. The Morgan fingerprint density at radius 1 is 1.36 bits per heavy atom. The van der Waals surface area contributed by atoms with Crippen LogP contribution in [-0.4, -0.2) is 40.6 Å². The number of aromatic hydroxyl groups is 1. The van der Waals surface area contributed by atoms with Crippen molar-refractivity contribution in [3.63, 3.8) is 0 Å². The van der Waals surface area contributed by atoms with Gasteiger partial charge in [-0.15, -0.1) is 0 Å². The molecule has 0 amide bonds. The van der Waals surface area contributed by atoms with E-state index in [9.17, 15) is 5.11 Å². The SMILES string of the molecule is Cn1c(NCC2CCOCC2)nc(/C=c2\ccc3c(c2)C=NN=3)c1O. The highest BCUT2D eigenvalue weighted by Gasteiger charge is 2.16. The van der Waals surface area contributed by atoms with Gasteiger partial charge in [-0.1, -0.05) is 6.07 Å². The van der Waals surface area contributed by atoms with E-state index in [0.29, 0.717) is 17.6 Å².